The zero-order valence-corrected chi connectivity index (χ0v) is 20.7. The van der Waals surface area contributed by atoms with Gasteiger partial charge in [-0.2, -0.15) is 0 Å². The van der Waals surface area contributed by atoms with E-state index in [1.165, 1.54) is 0 Å². The van der Waals surface area contributed by atoms with Crippen LogP contribution in [0.3, 0.4) is 0 Å². The van der Waals surface area contributed by atoms with Crippen molar-refractivity contribution in [3.8, 4) is 5.75 Å². The normalized spacial score (nSPS) is 11.3. The van der Waals surface area contributed by atoms with E-state index in [0.29, 0.717) is 38.2 Å². The van der Waals surface area contributed by atoms with E-state index in [1.807, 2.05) is 30.3 Å². The molecule has 1 amide bonds. The lowest BCUT2D eigenvalue weighted by atomic mass is 10.1. The largest absolute Gasteiger partial charge is 0.506 e. The summed E-state index contributed by atoms with van der Waals surface area (Å²) in [4.78, 5) is 31.2. The molecular weight excluding hydrogens is 452 g/mol. The van der Waals surface area contributed by atoms with Crippen molar-refractivity contribution in [3.05, 3.63) is 63.3 Å². The van der Waals surface area contributed by atoms with Gasteiger partial charge in [-0.05, 0) is 36.7 Å². The number of hydrogen-bond donors (Lipinski definition) is 3. The molecule has 1 heterocycles. The van der Waals surface area contributed by atoms with Crippen LogP contribution in [0.15, 0.2) is 47.3 Å². The summed E-state index contributed by atoms with van der Waals surface area (Å²) in [6, 6.07) is 13.2. The van der Waals surface area contributed by atoms with Crippen molar-refractivity contribution in [2.75, 3.05) is 45.9 Å². The lowest BCUT2D eigenvalue weighted by molar-refractivity contribution is 0.101. The number of carbonyl (C=O) groups is 1. The number of carbonyl (C=O) groups excluding carboxylic acids is 1. The molecule has 34 heavy (non-hydrogen) atoms. The molecule has 0 spiro atoms. The van der Waals surface area contributed by atoms with E-state index in [4.69, 9.17) is 4.74 Å². The van der Waals surface area contributed by atoms with Gasteiger partial charge in [0.15, 0.2) is 0 Å². The molecule has 0 atom stereocenters. The van der Waals surface area contributed by atoms with Crippen molar-refractivity contribution in [1.29, 1.82) is 0 Å². The van der Waals surface area contributed by atoms with Crippen LogP contribution in [0.1, 0.15) is 25.0 Å². The number of amides is 1. The van der Waals surface area contributed by atoms with E-state index in [9.17, 15) is 14.7 Å². The number of aromatic amines is 1. The molecule has 0 aliphatic rings. The monoisotopic (exact) mass is 486 g/mol. The Labute approximate surface area is 204 Å². The first kappa shape index (κ1) is 25.7. The Balaban J connectivity index is 1.58. The van der Waals surface area contributed by atoms with E-state index >= 15 is 0 Å². The molecular formula is C25H34N4O4S. The fraction of sp³-hybridized carbons (Fsp3) is 0.440. The number of thiazole rings is 1. The number of nitrogens with one attached hydrogen (secondary N) is 2. The van der Waals surface area contributed by atoms with Gasteiger partial charge in [0, 0.05) is 32.7 Å². The van der Waals surface area contributed by atoms with Gasteiger partial charge in [0.2, 0.25) is 0 Å². The number of likely N-dealkylation sites (N-methyl/N-ethyl adjacent to an activating group) is 1. The molecule has 1 aromatic heterocycles. The molecule has 3 N–H and O–H groups in total. The van der Waals surface area contributed by atoms with E-state index in [2.05, 4.69) is 29.0 Å². The summed E-state index contributed by atoms with van der Waals surface area (Å²) in [5.41, 5.74) is 2.36. The Morgan fingerprint density at radius 2 is 1.85 bits per heavy atom. The molecule has 2 aromatic carbocycles. The van der Waals surface area contributed by atoms with E-state index < -0.39 is 0 Å². The predicted molar refractivity (Wildman–Crippen MR) is 137 cm³/mol. The Morgan fingerprint density at radius 1 is 1.09 bits per heavy atom. The van der Waals surface area contributed by atoms with Crippen molar-refractivity contribution in [2.45, 2.75) is 26.8 Å². The third kappa shape index (κ3) is 7.31. The highest BCUT2D eigenvalue weighted by Crippen LogP contribution is 2.28. The lowest BCUT2D eigenvalue weighted by Crippen LogP contribution is -2.36. The zero-order valence-electron chi connectivity index (χ0n) is 19.9. The topological polar surface area (TPSA) is 97.9 Å². The summed E-state index contributed by atoms with van der Waals surface area (Å²) in [5.74, 6) is 0.0474. The lowest BCUT2D eigenvalue weighted by Gasteiger charge is -2.23. The van der Waals surface area contributed by atoms with Crippen molar-refractivity contribution in [1.82, 2.24) is 20.1 Å². The fourth-order valence-electron chi connectivity index (χ4n) is 3.77. The molecule has 0 unspecified atom stereocenters. The third-order valence-corrected chi connectivity index (χ3v) is 6.73. The highest BCUT2D eigenvalue weighted by Gasteiger charge is 2.17. The highest BCUT2D eigenvalue weighted by atomic mass is 32.1. The number of phenols is 1. The first-order valence-corrected chi connectivity index (χ1v) is 12.6. The maximum Gasteiger partial charge on any atom is 0.410 e. The number of rotatable bonds is 13. The molecule has 0 aliphatic carbocycles. The van der Waals surface area contributed by atoms with E-state index in [0.717, 1.165) is 53.3 Å². The maximum absolute atomic E-state index is 12.9. The van der Waals surface area contributed by atoms with Gasteiger partial charge in [0.1, 0.15) is 17.9 Å². The summed E-state index contributed by atoms with van der Waals surface area (Å²) >= 11 is 1.07. The molecule has 0 radical (unpaired) electrons. The average molecular weight is 487 g/mol. The summed E-state index contributed by atoms with van der Waals surface area (Å²) < 4.78 is 6.27. The molecule has 3 rings (SSSR count). The summed E-state index contributed by atoms with van der Waals surface area (Å²) in [7, 11) is 0. The van der Waals surface area contributed by atoms with Crippen molar-refractivity contribution >= 4 is 27.6 Å². The van der Waals surface area contributed by atoms with Crippen LogP contribution < -0.4 is 10.2 Å². The van der Waals surface area contributed by atoms with Gasteiger partial charge in [-0.25, -0.2) is 4.79 Å². The number of benzene rings is 2. The van der Waals surface area contributed by atoms with Crippen LogP contribution in [0.5, 0.6) is 5.75 Å². The summed E-state index contributed by atoms with van der Waals surface area (Å²) in [5, 5.41) is 13.4. The molecule has 0 saturated carbocycles. The Hall–Kier alpha value is -2.88. The highest BCUT2D eigenvalue weighted by molar-refractivity contribution is 7.16. The number of aromatic hydroxyl groups is 1. The number of H-pyrrole nitrogens is 1. The molecule has 0 saturated heterocycles. The van der Waals surface area contributed by atoms with Gasteiger partial charge in [0.25, 0.3) is 0 Å². The number of nitrogens with zero attached hydrogens (tertiary/aromatic N) is 2. The minimum Gasteiger partial charge on any atom is -0.506 e. The van der Waals surface area contributed by atoms with Gasteiger partial charge < -0.3 is 29.9 Å². The van der Waals surface area contributed by atoms with Gasteiger partial charge in [0.05, 0.1) is 4.70 Å². The summed E-state index contributed by atoms with van der Waals surface area (Å²) in [6.07, 6.45) is 0.168. The fourth-order valence-corrected chi connectivity index (χ4v) is 4.67. The summed E-state index contributed by atoms with van der Waals surface area (Å²) in [6.45, 7) is 9.90. The minimum absolute atomic E-state index is 0.0474. The van der Waals surface area contributed by atoms with Gasteiger partial charge in [-0.3, -0.25) is 4.79 Å². The van der Waals surface area contributed by atoms with Crippen LogP contribution in [0.4, 0.5) is 4.79 Å². The third-order valence-electron chi connectivity index (χ3n) is 5.77. The van der Waals surface area contributed by atoms with Crippen LogP contribution in [0.2, 0.25) is 0 Å². The zero-order chi connectivity index (χ0) is 24.3. The molecule has 9 heteroatoms. The first-order valence-electron chi connectivity index (χ1n) is 11.7. The second kappa shape index (κ2) is 13.1. The quantitative estimate of drug-likeness (QED) is 0.320. The molecule has 0 aliphatic heterocycles. The van der Waals surface area contributed by atoms with E-state index in [-0.39, 0.29) is 16.7 Å². The van der Waals surface area contributed by atoms with Crippen LogP contribution in [-0.2, 0) is 17.7 Å². The van der Waals surface area contributed by atoms with Gasteiger partial charge >= 0.3 is 11.0 Å². The van der Waals surface area contributed by atoms with E-state index in [1.54, 1.807) is 17.0 Å². The maximum atomic E-state index is 12.9. The standard InChI is InChI=1S/C25H34N4O4S/c1-3-28(4-2)16-13-26-14-17-33-25(32)29(18-19-8-6-5-7-9-19)15-12-20-10-11-21(30)22-23(20)34-24(31)27-22/h5-11,26,30H,3-4,12-18H2,1-2H3,(H,27,31). The van der Waals surface area contributed by atoms with Crippen molar-refractivity contribution < 1.29 is 14.6 Å². The van der Waals surface area contributed by atoms with Gasteiger partial charge in [-0.15, -0.1) is 0 Å². The second-order valence-electron chi connectivity index (χ2n) is 8.01. The van der Waals surface area contributed by atoms with Crippen LogP contribution in [-0.4, -0.2) is 71.9 Å². The molecule has 3 aromatic rings. The number of phenolic OH excluding ortho intramolecular Hbond substituents is 1. The number of ether oxygens (including phenoxy) is 1. The number of hydrogen-bond acceptors (Lipinski definition) is 7. The Kier molecular flexibility index (Phi) is 9.93. The number of fused-ring (bicyclic) bond motifs is 1. The predicted octanol–water partition coefficient (Wildman–Crippen LogP) is 3.41. The van der Waals surface area contributed by atoms with Crippen LogP contribution in [0.25, 0.3) is 10.2 Å². The van der Waals surface area contributed by atoms with Crippen LogP contribution in [0, 0.1) is 0 Å². The van der Waals surface area contributed by atoms with Gasteiger partial charge in [-0.1, -0.05) is 61.6 Å². The smallest absolute Gasteiger partial charge is 0.410 e. The molecule has 184 valence electrons. The average Bonchev–Trinajstić information content (AvgIpc) is 3.25. The number of aromatic nitrogens is 1. The molecule has 0 bridgehead atoms. The van der Waals surface area contributed by atoms with Crippen molar-refractivity contribution in [3.63, 3.8) is 0 Å². The van der Waals surface area contributed by atoms with Crippen LogP contribution >= 0.6 is 11.3 Å². The SMILES string of the molecule is CCN(CC)CCNCCOC(=O)N(CCc1ccc(O)c2[nH]c(=O)sc12)Cc1ccccc1. The Bertz CT molecular complexity index is 1100. The molecule has 8 nitrogen and oxygen atoms in total. The Morgan fingerprint density at radius 3 is 2.59 bits per heavy atom. The minimum atomic E-state index is -0.369. The second-order valence-corrected chi connectivity index (χ2v) is 8.99. The van der Waals surface area contributed by atoms with Crippen molar-refractivity contribution in [2.24, 2.45) is 0 Å². The first-order chi connectivity index (χ1) is 16.5. The molecule has 0 fully saturated rings.